The van der Waals surface area contributed by atoms with Crippen molar-refractivity contribution in [3.8, 4) is 0 Å². The van der Waals surface area contributed by atoms with Gasteiger partial charge in [0.2, 0.25) is 5.89 Å². The van der Waals surface area contributed by atoms with Gasteiger partial charge in [0.25, 0.3) is 0 Å². The minimum atomic E-state index is -4.48. The van der Waals surface area contributed by atoms with Crippen molar-refractivity contribution in [2.75, 3.05) is 13.1 Å². The molecule has 0 saturated heterocycles. The first-order valence-electron chi connectivity index (χ1n) is 5.67. The molecular formula is C10H12F3N3O3. The number of aromatic nitrogens is 2. The van der Waals surface area contributed by atoms with Crippen molar-refractivity contribution in [3.05, 3.63) is 11.7 Å². The Labute approximate surface area is 106 Å². The first-order valence-corrected chi connectivity index (χ1v) is 5.67. The molecule has 1 N–H and O–H groups in total. The molecule has 106 valence electrons. The standard InChI is InChI=1S/C10H12F3N3O3/c11-10(12,13)5-16(4-8(17)18)3-7-14-9(15-19-7)6-1-2-6/h6H,1-5H2,(H,17,18). The summed E-state index contributed by atoms with van der Waals surface area (Å²) in [5.41, 5.74) is 0. The highest BCUT2D eigenvalue weighted by Gasteiger charge is 2.33. The van der Waals surface area contributed by atoms with E-state index < -0.39 is 25.2 Å². The third kappa shape index (κ3) is 4.51. The monoisotopic (exact) mass is 279 g/mol. The van der Waals surface area contributed by atoms with Crippen LogP contribution in [-0.4, -0.2) is 45.4 Å². The van der Waals surface area contributed by atoms with E-state index in [-0.39, 0.29) is 18.4 Å². The van der Waals surface area contributed by atoms with Crippen molar-refractivity contribution in [2.24, 2.45) is 0 Å². The van der Waals surface area contributed by atoms with Gasteiger partial charge in [0.1, 0.15) is 0 Å². The minimum absolute atomic E-state index is 0.00685. The van der Waals surface area contributed by atoms with Crippen LogP contribution in [0.1, 0.15) is 30.5 Å². The van der Waals surface area contributed by atoms with Crippen LogP contribution in [0.5, 0.6) is 0 Å². The Hall–Kier alpha value is -1.64. The Balaban J connectivity index is 1.98. The summed E-state index contributed by atoms with van der Waals surface area (Å²) in [7, 11) is 0. The van der Waals surface area contributed by atoms with Gasteiger partial charge in [-0.25, -0.2) is 0 Å². The van der Waals surface area contributed by atoms with E-state index >= 15 is 0 Å². The quantitative estimate of drug-likeness (QED) is 0.847. The number of alkyl halides is 3. The van der Waals surface area contributed by atoms with Crippen molar-refractivity contribution < 1.29 is 27.6 Å². The van der Waals surface area contributed by atoms with Gasteiger partial charge >= 0.3 is 12.1 Å². The smallest absolute Gasteiger partial charge is 0.401 e. The zero-order chi connectivity index (χ0) is 14.0. The third-order valence-corrected chi connectivity index (χ3v) is 2.55. The molecule has 1 fully saturated rings. The lowest BCUT2D eigenvalue weighted by atomic mass is 10.4. The number of rotatable bonds is 6. The van der Waals surface area contributed by atoms with Gasteiger partial charge in [-0.2, -0.15) is 18.2 Å². The molecule has 0 unspecified atom stereocenters. The molecule has 0 radical (unpaired) electrons. The molecule has 1 heterocycles. The minimum Gasteiger partial charge on any atom is -0.480 e. The number of carbonyl (C=O) groups is 1. The molecule has 1 aliphatic carbocycles. The highest BCUT2D eigenvalue weighted by atomic mass is 19.4. The van der Waals surface area contributed by atoms with Crippen LogP contribution in [0.2, 0.25) is 0 Å². The number of nitrogens with zero attached hydrogens (tertiary/aromatic N) is 3. The van der Waals surface area contributed by atoms with Crippen LogP contribution in [0.3, 0.4) is 0 Å². The van der Waals surface area contributed by atoms with E-state index in [1.54, 1.807) is 0 Å². The molecule has 19 heavy (non-hydrogen) atoms. The van der Waals surface area contributed by atoms with E-state index in [1.807, 2.05) is 0 Å². The Kier molecular flexibility index (Phi) is 3.74. The molecule has 9 heteroatoms. The largest absolute Gasteiger partial charge is 0.480 e. The highest BCUT2D eigenvalue weighted by Crippen LogP contribution is 2.38. The lowest BCUT2D eigenvalue weighted by Crippen LogP contribution is -2.37. The fraction of sp³-hybridized carbons (Fsp3) is 0.700. The fourth-order valence-electron chi connectivity index (χ4n) is 1.64. The number of hydrogen-bond acceptors (Lipinski definition) is 5. The average molecular weight is 279 g/mol. The summed E-state index contributed by atoms with van der Waals surface area (Å²) in [6.45, 7) is -2.40. The molecule has 1 aromatic rings. The molecule has 0 amide bonds. The van der Waals surface area contributed by atoms with E-state index in [1.165, 1.54) is 0 Å². The summed E-state index contributed by atoms with van der Waals surface area (Å²) in [5, 5.41) is 12.3. The zero-order valence-corrected chi connectivity index (χ0v) is 9.85. The van der Waals surface area contributed by atoms with Gasteiger partial charge in [0, 0.05) is 5.92 Å². The van der Waals surface area contributed by atoms with E-state index in [0.717, 1.165) is 12.8 Å². The van der Waals surface area contributed by atoms with E-state index in [4.69, 9.17) is 9.63 Å². The van der Waals surface area contributed by atoms with Crippen LogP contribution in [0, 0.1) is 0 Å². The number of aliphatic carboxylic acids is 1. The molecule has 0 aromatic carbocycles. The van der Waals surface area contributed by atoms with Crippen molar-refractivity contribution in [3.63, 3.8) is 0 Å². The maximum absolute atomic E-state index is 12.3. The summed E-state index contributed by atoms with van der Waals surface area (Å²) in [5.74, 6) is -0.621. The summed E-state index contributed by atoms with van der Waals surface area (Å²) in [6, 6.07) is 0. The Morgan fingerprint density at radius 1 is 1.47 bits per heavy atom. The lowest BCUT2D eigenvalue weighted by Gasteiger charge is -2.19. The van der Waals surface area contributed by atoms with E-state index in [9.17, 15) is 18.0 Å². The first-order chi connectivity index (χ1) is 8.83. The summed E-state index contributed by atoms with van der Waals surface area (Å²) >= 11 is 0. The molecule has 1 aliphatic rings. The van der Waals surface area contributed by atoms with E-state index in [2.05, 4.69) is 10.1 Å². The molecule has 0 bridgehead atoms. The first kappa shape index (κ1) is 13.8. The predicted molar refractivity (Wildman–Crippen MR) is 55.2 cm³/mol. The molecule has 1 aromatic heterocycles. The predicted octanol–water partition coefficient (Wildman–Crippen LogP) is 1.40. The third-order valence-electron chi connectivity index (χ3n) is 2.55. The summed E-state index contributed by atoms with van der Waals surface area (Å²) < 4.78 is 41.7. The second-order valence-electron chi connectivity index (χ2n) is 4.47. The molecule has 1 saturated carbocycles. The normalized spacial score (nSPS) is 16.0. The molecular weight excluding hydrogens is 267 g/mol. The second-order valence-corrected chi connectivity index (χ2v) is 4.47. The summed E-state index contributed by atoms with van der Waals surface area (Å²) in [6.07, 6.45) is -2.59. The topological polar surface area (TPSA) is 79.5 Å². The van der Waals surface area contributed by atoms with Crippen LogP contribution in [0.25, 0.3) is 0 Å². The number of hydrogen-bond donors (Lipinski definition) is 1. The van der Waals surface area contributed by atoms with Crippen molar-refractivity contribution >= 4 is 5.97 Å². The SMILES string of the molecule is O=C(O)CN(Cc1nc(C2CC2)no1)CC(F)(F)F. The van der Waals surface area contributed by atoms with Crippen molar-refractivity contribution in [2.45, 2.75) is 31.5 Å². The number of halogens is 3. The Morgan fingerprint density at radius 2 is 2.16 bits per heavy atom. The molecule has 0 aliphatic heterocycles. The van der Waals surface area contributed by atoms with Crippen LogP contribution in [0.15, 0.2) is 4.52 Å². The number of carboxylic acids is 1. The van der Waals surface area contributed by atoms with Crippen LogP contribution in [-0.2, 0) is 11.3 Å². The Bertz CT molecular complexity index is 456. The van der Waals surface area contributed by atoms with Crippen LogP contribution < -0.4 is 0 Å². The molecule has 2 rings (SSSR count). The molecule has 0 atom stereocenters. The lowest BCUT2D eigenvalue weighted by molar-refractivity contribution is -0.155. The van der Waals surface area contributed by atoms with Crippen molar-refractivity contribution in [1.29, 1.82) is 0 Å². The van der Waals surface area contributed by atoms with Gasteiger partial charge in [0.05, 0.1) is 19.6 Å². The zero-order valence-electron chi connectivity index (χ0n) is 9.85. The van der Waals surface area contributed by atoms with Crippen LogP contribution in [0.4, 0.5) is 13.2 Å². The van der Waals surface area contributed by atoms with Gasteiger partial charge in [0.15, 0.2) is 5.82 Å². The Morgan fingerprint density at radius 3 is 2.68 bits per heavy atom. The second kappa shape index (κ2) is 5.16. The van der Waals surface area contributed by atoms with Gasteiger partial charge in [-0.3, -0.25) is 9.69 Å². The maximum Gasteiger partial charge on any atom is 0.401 e. The molecule has 6 nitrogen and oxygen atoms in total. The maximum atomic E-state index is 12.3. The van der Waals surface area contributed by atoms with Gasteiger partial charge in [-0.1, -0.05) is 5.16 Å². The van der Waals surface area contributed by atoms with Gasteiger partial charge < -0.3 is 9.63 Å². The van der Waals surface area contributed by atoms with Gasteiger partial charge in [-0.05, 0) is 12.8 Å². The summed E-state index contributed by atoms with van der Waals surface area (Å²) in [4.78, 5) is 15.2. The average Bonchev–Trinajstić information content (AvgIpc) is 2.97. The molecule has 0 spiro atoms. The van der Waals surface area contributed by atoms with Crippen molar-refractivity contribution in [1.82, 2.24) is 15.0 Å². The van der Waals surface area contributed by atoms with E-state index in [0.29, 0.717) is 10.7 Å². The fourth-order valence-corrected chi connectivity index (χ4v) is 1.64. The highest BCUT2D eigenvalue weighted by molar-refractivity contribution is 5.69. The number of carboxylic acid groups (broad SMARTS) is 1. The van der Waals surface area contributed by atoms with Gasteiger partial charge in [-0.15, -0.1) is 0 Å². The van der Waals surface area contributed by atoms with Crippen LogP contribution >= 0.6 is 0 Å².